The number of nitrogens with zero attached hydrogens (tertiary/aromatic N) is 2. The molecule has 1 aromatic heterocycles. The van der Waals surface area contributed by atoms with Crippen LogP contribution in [0.1, 0.15) is 25.7 Å². The second kappa shape index (κ2) is 5.05. The second-order valence-corrected chi connectivity index (χ2v) is 5.93. The number of halogens is 1. The fourth-order valence-corrected chi connectivity index (χ4v) is 3.13. The lowest BCUT2D eigenvalue weighted by Gasteiger charge is -2.36. The molecule has 0 atom stereocenters. The van der Waals surface area contributed by atoms with Gasteiger partial charge in [-0.2, -0.15) is 0 Å². The van der Waals surface area contributed by atoms with E-state index in [1.807, 2.05) is 0 Å². The van der Waals surface area contributed by atoms with Gasteiger partial charge in [-0.25, -0.2) is 9.37 Å². The second-order valence-electron chi connectivity index (χ2n) is 5.93. The summed E-state index contributed by atoms with van der Waals surface area (Å²) >= 11 is 0. The van der Waals surface area contributed by atoms with Gasteiger partial charge < -0.3 is 15.2 Å². The summed E-state index contributed by atoms with van der Waals surface area (Å²) in [5.41, 5.74) is 1.74. The Bertz CT molecular complexity index is 599. The molecule has 0 aliphatic heterocycles. The van der Waals surface area contributed by atoms with Crippen LogP contribution >= 0.6 is 0 Å². The van der Waals surface area contributed by atoms with E-state index in [0.717, 1.165) is 23.5 Å². The molecule has 1 aliphatic rings. The normalized spacial score (nSPS) is 18.0. The molecule has 3 rings (SSSR count). The summed E-state index contributed by atoms with van der Waals surface area (Å²) in [4.78, 5) is 9.90. The van der Waals surface area contributed by atoms with Gasteiger partial charge in [-0.1, -0.05) is 12.8 Å². The van der Waals surface area contributed by atoms with Crippen molar-refractivity contribution in [3.63, 3.8) is 0 Å². The molecule has 1 fully saturated rings. The number of likely N-dealkylation sites (N-methyl/N-ethyl adjacent to an activating group) is 1. The molecule has 2 aromatic rings. The predicted octanol–water partition coefficient (Wildman–Crippen LogP) is 2.99. The van der Waals surface area contributed by atoms with Crippen LogP contribution < -0.4 is 5.32 Å². The van der Waals surface area contributed by atoms with Gasteiger partial charge in [0.15, 0.2) is 0 Å². The van der Waals surface area contributed by atoms with Crippen LogP contribution in [-0.2, 0) is 0 Å². The molecule has 1 heterocycles. The van der Waals surface area contributed by atoms with E-state index in [2.05, 4.69) is 34.3 Å². The standard InChI is InChI=1S/C15H21FN4/c1-20(2)15(7-3-4-8-15)10-17-14-18-12-6-5-11(16)9-13(12)19-14/h5-6,9H,3-4,7-8,10H2,1-2H3,(H2,17,18,19). The van der Waals surface area contributed by atoms with Crippen molar-refractivity contribution >= 4 is 17.0 Å². The van der Waals surface area contributed by atoms with Crippen LogP contribution in [0.15, 0.2) is 18.2 Å². The van der Waals surface area contributed by atoms with Gasteiger partial charge in [0.05, 0.1) is 11.0 Å². The minimum absolute atomic E-state index is 0.213. The average Bonchev–Trinajstić information content (AvgIpc) is 3.02. The van der Waals surface area contributed by atoms with E-state index < -0.39 is 0 Å². The number of hydrogen-bond donors (Lipinski definition) is 2. The van der Waals surface area contributed by atoms with Gasteiger partial charge in [0, 0.05) is 12.1 Å². The molecular formula is C15H21FN4. The van der Waals surface area contributed by atoms with Gasteiger partial charge in [-0.05, 0) is 45.1 Å². The van der Waals surface area contributed by atoms with Crippen molar-refractivity contribution in [2.24, 2.45) is 0 Å². The molecule has 1 saturated carbocycles. The number of nitrogens with one attached hydrogen (secondary N) is 2. The monoisotopic (exact) mass is 276 g/mol. The number of aromatic amines is 1. The van der Waals surface area contributed by atoms with Crippen molar-refractivity contribution in [2.45, 2.75) is 31.2 Å². The Kier molecular flexibility index (Phi) is 3.38. The first-order valence-electron chi connectivity index (χ1n) is 7.16. The number of H-pyrrole nitrogens is 1. The first kappa shape index (κ1) is 13.4. The largest absolute Gasteiger partial charge is 0.354 e. The van der Waals surface area contributed by atoms with E-state index in [4.69, 9.17) is 0 Å². The highest BCUT2D eigenvalue weighted by molar-refractivity contribution is 5.77. The van der Waals surface area contributed by atoms with Crippen LogP contribution in [0.3, 0.4) is 0 Å². The van der Waals surface area contributed by atoms with Gasteiger partial charge in [0.2, 0.25) is 5.95 Å². The Morgan fingerprint density at radius 3 is 2.80 bits per heavy atom. The molecule has 20 heavy (non-hydrogen) atoms. The van der Waals surface area contributed by atoms with Gasteiger partial charge >= 0.3 is 0 Å². The molecule has 0 amide bonds. The third-order valence-electron chi connectivity index (χ3n) is 4.51. The first-order chi connectivity index (χ1) is 9.59. The number of benzene rings is 1. The molecule has 0 radical (unpaired) electrons. The maximum atomic E-state index is 13.2. The van der Waals surface area contributed by atoms with Crippen molar-refractivity contribution in [1.82, 2.24) is 14.9 Å². The molecular weight excluding hydrogens is 255 g/mol. The molecule has 0 unspecified atom stereocenters. The number of aromatic nitrogens is 2. The topological polar surface area (TPSA) is 44.0 Å². The Hall–Kier alpha value is -1.62. The zero-order chi connectivity index (χ0) is 14.2. The lowest BCUT2D eigenvalue weighted by molar-refractivity contribution is 0.172. The van der Waals surface area contributed by atoms with Gasteiger partial charge in [0.25, 0.3) is 0 Å². The van der Waals surface area contributed by atoms with Crippen LogP contribution in [0, 0.1) is 5.82 Å². The SMILES string of the molecule is CN(C)C1(CNc2nc3ccc(F)cc3[nH]2)CCCC1. The lowest BCUT2D eigenvalue weighted by atomic mass is 9.96. The van der Waals surface area contributed by atoms with Gasteiger partial charge in [-0.3, -0.25) is 0 Å². The Labute approximate surface area is 118 Å². The summed E-state index contributed by atoms with van der Waals surface area (Å²) in [6.07, 6.45) is 4.99. The van der Waals surface area contributed by atoms with Crippen molar-refractivity contribution in [1.29, 1.82) is 0 Å². The van der Waals surface area contributed by atoms with Crippen LogP contribution in [0.25, 0.3) is 11.0 Å². The van der Waals surface area contributed by atoms with Crippen LogP contribution in [-0.4, -0.2) is 41.0 Å². The van der Waals surface area contributed by atoms with E-state index >= 15 is 0 Å². The summed E-state index contributed by atoms with van der Waals surface area (Å²) in [7, 11) is 4.28. The molecule has 0 bridgehead atoms. The highest BCUT2D eigenvalue weighted by Gasteiger charge is 2.35. The smallest absolute Gasteiger partial charge is 0.201 e. The fourth-order valence-electron chi connectivity index (χ4n) is 3.13. The van der Waals surface area contributed by atoms with E-state index in [1.165, 1.54) is 37.8 Å². The first-order valence-corrected chi connectivity index (χ1v) is 7.16. The summed E-state index contributed by atoms with van der Waals surface area (Å²) in [6, 6.07) is 4.61. The summed E-state index contributed by atoms with van der Waals surface area (Å²) in [5.74, 6) is 0.479. The highest BCUT2D eigenvalue weighted by atomic mass is 19.1. The summed E-state index contributed by atoms with van der Waals surface area (Å²) < 4.78 is 13.2. The summed E-state index contributed by atoms with van der Waals surface area (Å²) in [6.45, 7) is 0.863. The third-order valence-corrected chi connectivity index (χ3v) is 4.51. The van der Waals surface area contributed by atoms with E-state index in [9.17, 15) is 4.39 Å². The van der Waals surface area contributed by atoms with Crippen LogP contribution in [0.5, 0.6) is 0 Å². The molecule has 0 spiro atoms. The molecule has 0 saturated heterocycles. The Morgan fingerprint density at radius 1 is 1.35 bits per heavy atom. The minimum atomic E-state index is -0.242. The van der Waals surface area contributed by atoms with Crippen molar-refractivity contribution in [3.8, 4) is 0 Å². The van der Waals surface area contributed by atoms with Crippen molar-refractivity contribution < 1.29 is 4.39 Å². The zero-order valence-electron chi connectivity index (χ0n) is 12.0. The maximum absolute atomic E-state index is 13.2. The van der Waals surface area contributed by atoms with E-state index in [1.54, 1.807) is 6.07 Å². The van der Waals surface area contributed by atoms with Gasteiger partial charge in [0.1, 0.15) is 5.82 Å². The number of fused-ring (bicyclic) bond motifs is 1. The molecule has 108 valence electrons. The van der Waals surface area contributed by atoms with Crippen molar-refractivity contribution in [3.05, 3.63) is 24.0 Å². The number of hydrogen-bond acceptors (Lipinski definition) is 3. The van der Waals surface area contributed by atoms with Crippen LogP contribution in [0.2, 0.25) is 0 Å². The van der Waals surface area contributed by atoms with E-state index in [-0.39, 0.29) is 11.4 Å². The predicted molar refractivity (Wildman–Crippen MR) is 79.4 cm³/mol. The molecule has 4 nitrogen and oxygen atoms in total. The zero-order valence-corrected chi connectivity index (χ0v) is 12.0. The number of anilines is 1. The quantitative estimate of drug-likeness (QED) is 0.902. The number of imidazole rings is 1. The van der Waals surface area contributed by atoms with Gasteiger partial charge in [-0.15, -0.1) is 0 Å². The summed E-state index contributed by atoms with van der Waals surface area (Å²) in [5, 5.41) is 3.39. The Morgan fingerprint density at radius 2 is 2.10 bits per heavy atom. The molecule has 1 aromatic carbocycles. The average molecular weight is 276 g/mol. The van der Waals surface area contributed by atoms with E-state index in [0.29, 0.717) is 0 Å². The number of rotatable bonds is 4. The highest BCUT2D eigenvalue weighted by Crippen LogP contribution is 2.33. The lowest BCUT2D eigenvalue weighted by Crippen LogP contribution is -2.47. The van der Waals surface area contributed by atoms with Crippen molar-refractivity contribution in [2.75, 3.05) is 26.0 Å². The fraction of sp³-hybridized carbons (Fsp3) is 0.533. The molecule has 1 aliphatic carbocycles. The maximum Gasteiger partial charge on any atom is 0.201 e. The third kappa shape index (κ3) is 2.38. The Balaban J connectivity index is 1.76. The molecule has 5 heteroatoms. The molecule has 2 N–H and O–H groups in total. The minimum Gasteiger partial charge on any atom is -0.354 e. The van der Waals surface area contributed by atoms with Crippen LogP contribution in [0.4, 0.5) is 10.3 Å².